The van der Waals surface area contributed by atoms with E-state index in [0.29, 0.717) is 33.9 Å². The van der Waals surface area contributed by atoms with Gasteiger partial charge in [-0.25, -0.2) is 31.3 Å². The van der Waals surface area contributed by atoms with E-state index in [4.69, 9.17) is 24.7 Å². The lowest BCUT2D eigenvalue weighted by Crippen LogP contribution is -2.47. The van der Waals surface area contributed by atoms with Gasteiger partial charge in [-0.15, -0.1) is 10.2 Å². The minimum atomic E-state index is -4.96. The molecule has 6 rings (SSSR count). The van der Waals surface area contributed by atoms with Crippen molar-refractivity contribution in [3.05, 3.63) is 120 Å². The Morgan fingerprint density at radius 2 is 1.35 bits per heavy atom. The summed E-state index contributed by atoms with van der Waals surface area (Å²) in [6, 6.07) is 25.2. The third-order valence-electron chi connectivity index (χ3n) is 9.76. The van der Waals surface area contributed by atoms with Gasteiger partial charge in [0.05, 0.1) is 46.1 Å². The molecular weight excluding hydrogens is 879 g/mol. The van der Waals surface area contributed by atoms with Gasteiger partial charge in [-0.1, -0.05) is 42.5 Å². The number of hydrogen-bond donors (Lipinski definition) is 4. The number of nitrogen functional groups attached to an aromatic ring is 1. The van der Waals surface area contributed by atoms with Crippen LogP contribution in [0.25, 0.3) is 22.5 Å². The number of carbonyl (C=O) groups is 1. The number of aromatic nitrogens is 5. The number of tetrazole rings is 1. The zero-order valence-corrected chi connectivity index (χ0v) is 38.3. The molecule has 0 spiro atoms. The largest absolute Gasteiger partial charge is 0.497 e. The number of alkyl carbamates (subject to hydrolysis) is 1. The molecule has 344 valence electrons. The first kappa shape index (κ1) is 47.8. The Bertz CT molecular complexity index is 2730. The van der Waals surface area contributed by atoms with Crippen LogP contribution in [0.15, 0.2) is 113 Å². The standard InChI is InChI=1S/C44H51N9O10S2/c1-44(2,3)63-43(55)48-33(28-54)24-47-64(56,57)38-21-20-37(32-13-22-39(45)46-23-32)40(42-49-51-53(50-42)27-31-11-18-36(62-6)19-12-31)41(38)65(58,59)52(25-29-7-14-34(60-4)15-8-29)26-30-9-16-35(61-5)17-10-30/h7-23,33,47,54H,24-28H2,1-6H3,(H2,45,46)(H,48,55). The quantitative estimate of drug-likeness (QED) is 0.0866. The predicted octanol–water partition coefficient (Wildman–Crippen LogP) is 4.61. The number of rotatable bonds is 19. The van der Waals surface area contributed by atoms with Crippen LogP contribution < -0.4 is 30.0 Å². The predicted molar refractivity (Wildman–Crippen MR) is 241 cm³/mol. The number of nitrogens with zero attached hydrogens (tertiary/aromatic N) is 6. The van der Waals surface area contributed by atoms with Gasteiger partial charge in [-0.3, -0.25) is 0 Å². The number of nitrogens with one attached hydrogen (secondary N) is 2. The number of hydrogen-bond acceptors (Lipinski definition) is 15. The Balaban J connectivity index is 1.57. The van der Waals surface area contributed by atoms with Crippen molar-refractivity contribution in [1.29, 1.82) is 0 Å². The maximum atomic E-state index is 15.9. The summed E-state index contributed by atoms with van der Waals surface area (Å²) in [6.45, 7) is 3.31. The molecule has 1 unspecified atom stereocenters. The fourth-order valence-electron chi connectivity index (χ4n) is 6.51. The Hall–Kier alpha value is -6.65. The monoisotopic (exact) mass is 929 g/mol. The van der Waals surface area contributed by atoms with Crippen molar-refractivity contribution in [3.63, 3.8) is 0 Å². The van der Waals surface area contributed by atoms with Crippen molar-refractivity contribution in [2.45, 2.75) is 61.8 Å². The van der Waals surface area contributed by atoms with Gasteiger partial charge in [0.25, 0.3) is 0 Å². The van der Waals surface area contributed by atoms with Crippen molar-refractivity contribution >= 4 is 32.0 Å². The van der Waals surface area contributed by atoms with Gasteiger partial charge >= 0.3 is 6.09 Å². The minimum absolute atomic E-state index is 0.103. The summed E-state index contributed by atoms with van der Waals surface area (Å²) < 4.78 is 86.0. The minimum Gasteiger partial charge on any atom is -0.497 e. The summed E-state index contributed by atoms with van der Waals surface area (Å²) in [5, 5.41) is 25.8. The molecule has 1 amide bonds. The van der Waals surface area contributed by atoms with E-state index in [2.05, 4.69) is 30.4 Å². The highest BCUT2D eigenvalue weighted by Gasteiger charge is 2.38. The Morgan fingerprint density at radius 3 is 1.85 bits per heavy atom. The molecule has 2 aromatic heterocycles. The molecule has 19 nitrogen and oxygen atoms in total. The number of amides is 1. The topological polar surface area (TPSA) is 252 Å². The molecule has 0 saturated heterocycles. The highest BCUT2D eigenvalue weighted by atomic mass is 32.2. The van der Waals surface area contributed by atoms with Gasteiger partial charge < -0.3 is 35.1 Å². The molecule has 0 saturated carbocycles. The molecule has 0 aliphatic carbocycles. The number of anilines is 1. The summed E-state index contributed by atoms with van der Waals surface area (Å²) in [5.41, 5.74) is 7.27. The van der Waals surface area contributed by atoms with Gasteiger partial charge in [0.2, 0.25) is 25.9 Å². The van der Waals surface area contributed by atoms with Gasteiger partial charge in [-0.2, -0.15) is 9.10 Å². The Labute approximate surface area is 377 Å². The molecule has 0 aliphatic rings. The first-order chi connectivity index (χ1) is 30.9. The van der Waals surface area contributed by atoms with Gasteiger partial charge in [-0.05, 0) is 103 Å². The highest BCUT2D eigenvalue weighted by Crippen LogP contribution is 2.41. The third kappa shape index (κ3) is 12.1. The average molecular weight is 930 g/mol. The van der Waals surface area contributed by atoms with E-state index >= 15 is 8.42 Å². The van der Waals surface area contributed by atoms with Crippen LogP contribution in [-0.2, 0) is 44.4 Å². The SMILES string of the molecule is COc1ccc(CN(Cc2ccc(OC)cc2)S(=O)(=O)c2c(S(=O)(=O)NCC(CO)NC(=O)OC(C)(C)C)ccc(-c3ccc(N)nc3)c2-c2nnn(Cc3ccc(OC)cc3)n2)cc1. The normalized spacial score (nSPS) is 12.4. The smallest absolute Gasteiger partial charge is 0.407 e. The molecule has 65 heavy (non-hydrogen) atoms. The number of carbonyl (C=O) groups excluding carboxylic acids is 1. The second-order valence-electron chi connectivity index (χ2n) is 15.6. The number of ether oxygens (including phenoxy) is 4. The molecular formula is C44H51N9O10S2. The van der Waals surface area contributed by atoms with E-state index < -0.39 is 60.7 Å². The summed E-state index contributed by atoms with van der Waals surface area (Å²) in [5.74, 6) is 1.66. The molecule has 1 atom stereocenters. The van der Waals surface area contributed by atoms with E-state index in [-0.39, 0.29) is 42.4 Å². The van der Waals surface area contributed by atoms with Crippen molar-refractivity contribution in [3.8, 4) is 39.8 Å². The van der Waals surface area contributed by atoms with Crippen LogP contribution in [0, 0.1) is 0 Å². The van der Waals surface area contributed by atoms with Crippen molar-refractivity contribution < 1.29 is 45.7 Å². The molecule has 0 aliphatic heterocycles. The lowest BCUT2D eigenvalue weighted by Gasteiger charge is -2.26. The molecule has 4 aromatic carbocycles. The lowest BCUT2D eigenvalue weighted by molar-refractivity contribution is 0.0484. The van der Waals surface area contributed by atoms with Crippen molar-refractivity contribution in [1.82, 2.24) is 39.5 Å². The molecule has 2 heterocycles. The number of pyridine rings is 1. The Kier molecular flexibility index (Phi) is 15.1. The molecule has 0 bridgehead atoms. The maximum absolute atomic E-state index is 15.9. The fraction of sp³-hybridized carbons (Fsp3) is 0.295. The van der Waals surface area contributed by atoms with E-state index in [1.807, 2.05) is 0 Å². The van der Waals surface area contributed by atoms with E-state index in [1.165, 1.54) is 37.3 Å². The van der Waals surface area contributed by atoms with E-state index in [1.54, 1.807) is 107 Å². The molecule has 5 N–H and O–H groups in total. The molecule has 0 radical (unpaired) electrons. The molecule has 0 fully saturated rings. The second kappa shape index (κ2) is 20.5. The second-order valence-corrected chi connectivity index (χ2v) is 19.2. The number of aliphatic hydroxyl groups is 1. The van der Waals surface area contributed by atoms with E-state index in [9.17, 15) is 18.3 Å². The van der Waals surface area contributed by atoms with Crippen LogP contribution in [0.1, 0.15) is 37.5 Å². The number of nitrogens with two attached hydrogens (primary N) is 1. The van der Waals surface area contributed by atoms with Crippen LogP contribution in [0.2, 0.25) is 0 Å². The Morgan fingerprint density at radius 1 is 0.800 bits per heavy atom. The fourth-order valence-corrected chi connectivity index (χ4v) is 10.0. The van der Waals surface area contributed by atoms with Crippen molar-refractivity contribution in [2.24, 2.45) is 0 Å². The molecule has 6 aromatic rings. The van der Waals surface area contributed by atoms with Gasteiger partial charge in [0.15, 0.2) is 0 Å². The summed E-state index contributed by atoms with van der Waals surface area (Å²) in [7, 11) is -5.26. The van der Waals surface area contributed by atoms with Gasteiger partial charge in [0, 0.05) is 31.4 Å². The average Bonchev–Trinajstić information content (AvgIpc) is 3.75. The number of methoxy groups -OCH3 is 3. The van der Waals surface area contributed by atoms with Crippen LogP contribution in [0.3, 0.4) is 0 Å². The number of benzene rings is 4. The first-order valence-electron chi connectivity index (χ1n) is 20.1. The highest BCUT2D eigenvalue weighted by molar-refractivity contribution is 7.92. The van der Waals surface area contributed by atoms with Crippen LogP contribution in [0.5, 0.6) is 17.2 Å². The molecule has 21 heteroatoms. The zero-order chi connectivity index (χ0) is 46.9. The van der Waals surface area contributed by atoms with Crippen LogP contribution in [-0.4, -0.2) is 104 Å². The van der Waals surface area contributed by atoms with Crippen molar-refractivity contribution in [2.75, 3.05) is 40.2 Å². The van der Waals surface area contributed by atoms with Crippen LogP contribution in [0.4, 0.5) is 10.6 Å². The van der Waals surface area contributed by atoms with Gasteiger partial charge in [0.1, 0.15) is 38.5 Å². The first-order valence-corrected chi connectivity index (χ1v) is 23.0. The summed E-state index contributed by atoms with van der Waals surface area (Å²) >= 11 is 0. The maximum Gasteiger partial charge on any atom is 0.407 e. The lowest BCUT2D eigenvalue weighted by atomic mass is 10.0. The third-order valence-corrected chi connectivity index (χ3v) is 13.2. The van der Waals surface area contributed by atoms with E-state index in [0.717, 1.165) is 15.9 Å². The number of sulfonamides is 2. The summed E-state index contributed by atoms with van der Waals surface area (Å²) in [4.78, 5) is 16.7. The summed E-state index contributed by atoms with van der Waals surface area (Å²) in [6.07, 6.45) is 0.513. The number of aliphatic hydroxyl groups excluding tert-OH is 1. The van der Waals surface area contributed by atoms with Crippen LogP contribution >= 0.6 is 0 Å². The zero-order valence-electron chi connectivity index (χ0n) is 36.6.